The predicted molar refractivity (Wildman–Crippen MR) is 158 cm³/mol. The van der Waals surface area contributed by atoms with Crippen molar-refractivity contribution in [2.24, 2.45) is 0 Å². The number of anilines is 1. The molecule has 46 heavy (non-hydrogen) atoms. The smallest absolute Gasteiger partial charge is 0.724 e. The van der Waals surface area contributed by atoms with Crippen LogP contribution >= 0.6 is 0 Å². The largest absolute Gasteiger partial charge is 1.00 e. The Labute approximate surface area is 288 Å². The van der Waals surface area contributed by atoms with E-state index in [-0.39, 0.29) is 55.1 Å². The average Bonchev–Trinajstić information content (AvgIpc) is 3.31. The Hall–Kier alpha value is -3.86. The first-order valence-electron chi connectivity index (χ1n) is 13.7. The molecule has 0 saturated carbocycles. The summed E-state index contributed by atoms with van der Waals surface area (Å²) in [4.78, 5) is 33.4. The van der Waals surface area contributed by atoms with Gasteiger partial charge in [0, 0.05) is 13.1 Å². The number of fused-ring (bicyclic) bond motifs is 2. The molecule has 1 aromatic heterocycles. The maximum atomic E-state index is 13.7. The molecule has 3 heterocycles. The van der Waals surface area contributed by atoms with Crippen LogP contribution in [-0.4, -0.2) is 79.8 Å². The molecule has 0 radical (unpaired) electrons. The normalized spacial score (nSPS) is 17.2. The van der Waals surface area contributed by atoms with Gasteiger partial charge >= 0.3 is 35.6 Å². The minimum atomic E-state index is -5.21. The Morgan fingerprint density at radius 2 is 1.52 bits per heavy atom. The van der Waals surface area contributed by atoms with E-state index in [1.54, 1.807) is 27.2 Å². The summed E-state index contributed by atoms with van der Waals surface area (Å²) in [6, 6.07) is 13.4. The maximum absolute atomic E-state index is 13.7. The molecule has 14 nitrogen and oxygen atoms in total. The number of rotatable bonds is 12. The zero-order valence-corrected chi connectivity index (χ0v) is 28.7. The summed E-state index contributed by atoms with van der Waals surface area (Å²) in [6.07, 6.45) is 2.97. The van der Waals surface area contributed by atoms with Crippen molar-refractivity contribution in [3.05, 3.63) is 83.6 Å². The molecule has 1 fully saturated rings. The third-order valence-corrected chi connectivity index (χ3v) is 7.74. The fourth-order valence-corrected chi connectivity index (χ4v) is 5.26. The number of likely N-dealkylation sites (N-methyl/N-ethyl adjacent to an activating group) is 1. The van der Waals surface area contributed by atoms with Crippen LogP contribution in [0.5, 0.6) is 23.0 Å². The summed E-state index contributed by atoms with van der Waals surface area (Å²) in [7, 11) is -0.550. The van der Waals surface area contributed by atoms with E-state index >= 15 is 0 Å². The van der Waals surface area contributed by atoms with Crippen LogP contribution in [-0.2, 0) is 32.7 Å². The van der Waals surface area contributed by atoms with Crippen molar-refractivity contribution < 1.29 is 75.3 Å². The van der Waals surface area contributed by atoms with Crippen molar-refractivity contribution >= 4 is 28.2 Å². The molecule has 0 unspecified atom stereocenters. The van der Waals surface area contributed by atoms with Gasteiger partial charge < -0.3 is 28.4 Å². The summed E-state index contributed by atoms with van der Waals surface area (Å²) >= 11 is 0. The zero-order valence-electron chi connectivity index (χ0n) is 25.9. The van der Waals surface area contributed by atoms with E-state index in [9.17, 15) is 22.6 Å². The van der Waals surface area contributed by atoms with E-state index in [0.717, 1.165) is 16.0 Å². The van der Waals surface area contributed by atoms with Crippen LogP contribution < -0.4 is 53.4 Å². The molecular weight excluding hydrogens is 631 g/mol. The van der Waals surface area contributed by atoms with Crippen LogP contribution in [0.4, 0.5) is 10.6 Å². The molecule has 0 aliphatic carbocycles. The van der Waals surface area contributed by atoms with E-state index in [1.807, 2.05) is 48.5 Å². The van der Waals surface area contributed by atoms with Crippen LogP contribution in [0, 0.1) is 0 Å². The third-order valence-electron chi connectivity index (χ3n) is 7.39. The molecule has 1 saturated heterocycles. The predicted octanol–water partition coefficient (Wildman–Crippen LogP) is 0.0501. The number of hydrogen-bond donors (Lipinski definition) is 0. The SMILES string of the molecule is COc1ccc(COc2cnc(N(C)C(=O)[C@@H]3C=C(C)[C@@H]4CN3C(=O)N4OS(=O)(=O)[O-])cc2OCc2ccc(OC)cc2)cc1.[Na+]. The standard InChI is InChI=1S/C30H32N4O10S.Na/c1-19-13-24(33-16-25(19)34(30(33)36)44-45(37,38)39)29(35)32(2)28-14-26(42-17-20-5-9-22(40-3)10-6-20)27(15-31-28)43-18-21-7-11-23(41-4)12-8-21;/h5-15,24-25H,16-18H2,1-4H3,(H,37,38,39);/q;+1/p-1/t24-,25-;/m0./s1. The van der Waals surface area contributed by atoms with Gasteiger partial charge in [-0.1, -0.05) is 30.3 Å². The molecule has 3 amide bonds. The number of pyridine rings is 1. The van der Waals surface area contributed by atoms with Crippen LogP contribution in [0.15, 0.2) is 72.4 Å². The number of benzene rings is 2. The molecular formula is C30H31N4NaO10S. The van der Waals surface area contributed by atoms with Crippen molar-refractivity contribution in [3.8, 4) is 23.0 Å². The quantitative estimate of drug-likeness (QED) is 0.112. The average molecular weight is 663 g/mol. The zero-order chi connectivity index (χ0) is 32.3. The maximum Gasteiger partial charge on any atom is 1.00 e. The van der Waals surface area contributed by atoms with Gasteiger partial charge in [-0.15, -0.1) is 0 Å². The number of methoxy groups -OCH3 is 2. The third kappa shape index (κ3) is 7.92. The number of aromatic nitrogens is 1. The number of ether oxygens (including phenoxy) is 4. The van der Waals surface area contributed by atoms with Crippen LogP contribution in [0.1, 0.15) is 18.1 Å². The first-order chi connectivity index (χ1) is 21.5. The number of hydroxylamine groups is 2. The number of hydrogen-bond acceptors (Lipinski definition) is 11. The molecule has 5 rings (SSSR count). The first kappa shape index (κ1) is 35.0. The van der Waals surface area contributed by atoms with E-state index in [0.29, 0.717) is 33.6 Å². The van der Waals surface area contributed by atoms with Gasteiger partial charge in [0.25, 0.3) is 5.91 Å². The minimum absolute atomic E-state index is 0. The Kier molecular flexibility index (Phi) is 11.2. The van der Waals surface area contributed by atoms with Crippen LogP contribution in [0.2, 0.25) is 0 Å². The van der Waals surface area contributed by atoms with Crippen molar-refractivity contribution in [2.45, 2.75) is 32.2 Å². The molecule has 0 N–H and O–H groups in total. The van der Waals surface area contributed by atoms with E-state index in [2.05, 4.69) is 9.27 Å². The van der Waals surface area contributed by atoms with Gasteiger partial charge in [-0.2, -0.15) is 9.35 Å². The number of amides is 3. The fourth-order valence-electron chi connectivity index (χ4n) is 4.89. The Balaban J connectivity index is 0.00000480. The van der Waals surface area contributed by atoms with Gasteiger partial charge in [0.2, 0.25) is 10.4 Å². The van der Waals surface area contributed by atoms with Crippen molar-refractivity contribution in [1.82, 2.24) is 14.9 Å². The molecule has 2 atom stereocenters. The van der Waals surface area contributed by atoms with Gasteiger partial charge in [-0.25, -0.2) is 18.2 Å². The van der Waals surface area contributed by atoms with Crippen LogP contribution in [0.25, 0.3) is 0 Å². The van der Waals surface area contributed by atoms with Crippen LogP contribution in [0.3, 0.4) is 0 Å². The molecule has 2 aliphatic heterocycles. The molecule has 16 heteroatoms. The van der Waals surface area contributed by atoms with Gasteiger partial charge in [0.15, 0.2) is 11.5 Å². The summed E-state index contributed by atoms with van der Waals surface area (Å²) in [5.74, 6) is 1.74. The van der Waals surface area contributed by atoms with E-state index in [4.69, 9.17) is 18.9 Å². The molecule has 2 aliphatic rings. The minimum Gasteiger partial charge on any atom is -0.724 e. The molecule has 0 spiro atoms. The molecule has 238 valence electrons. The second-order valence-corrected chi connectivity index (χ2v) is 11.2. The van der Waals surface area contributed by atoms with Gasteiger partial charge in [-0.3, -0.25) is 9.69 Å². The van der Waals surface area contributed by atoms with Gasteiger partial charge in [-0.05, 0) is 47.9 Å². The monoisotopic (exact) mass is 662 g/mol. The number of nitrogens with zero attached hydrogens (tertiary/aromatic N) is 4. The van der Waals surface area contributed by atoms with E-state index in [1.165, 1.54) is 24.2 Å². The molecule has 2 aromatic carbocycles. The summed E-state index contributed by atoms with van der Waals surface area (Å²) in [5, 5.41) is 0.486. The van der Waals surface area contributed by atoms with Gasteiger partial charge in [0.1, 0.15) is 42.6 Å². The first-order valence-corrected chi connectivity index (χ1v) is 15.0. The Morgan fingerprint density at radius 3 is 2.04 bits per heavy atom. The van der Waals surface area contributed by atoms with Crippen molar-refractivity contribution in [1.29, 1.82) is 0 Å². The second kappa shape index (κ2) is 14.7. The molecule has 3 aromatic rings. The summed E-state index contributed by atoms with van der Waals surface area (Å²) < 4.78 is 60.6. The van der Waals surface area contributed by atoms with Crippen molar-refractivity contribution in [2.75, 3.05) is 32.7 Å². The molecule has 2 bridgehead atoms. The Morgan fingerprint density at radius 1 is 0.978 bits per heavy atom. The summed E-state index contributed by atoms with van der Waals surface area (Å²) in [6.45, 7) is 1.97. The summed E-state index contributed by atoms with van der Waals surface area (Å²) in [5.41, 5.74) is 2.23. The topological polar surface area (TPSA) is 160 Å². The van der Waals surface area contributed by atoms with Gasteiger partial charge in [0.05, 0.1) is 27.0 Å². The number of carbonyl (C=O) groups is 2. The second-order valence-electron chi connectivity index (χ2n) is 10.3. The van der Waals surface area contributed by atoms with E-state index < -0.39 is 34.4 Å². The van der Waals surface area contributed by atoms with Crippen molar-refractivity contribution in [3.63, 3.8) is 0 Å². The number of urea groups is 1. The number of carbonyl (C=O) groups excluding carboxylic acids is 2. The fraction of sp³-hybridized carbons (Fsp3) is 0.300. The Bertz CT molecular complexity index is 1700.